The van der Waals surface area contributed by atoms with Gasteiger partial charge in [0.1, 0.15) is 17.5 Å². The second kappa shape index (κ2) is 6.40. The van der Waals surface area contributed by atoms with Crippen LogP contribution in [-0.4, -0.2) is 49.3 Å². The molecule has 0 spiro atoms. The number of carbonyl (C=O) groups is 1. The number of carbonyl (C=O) groups excluding carboxylic acids is 1. The maximum absolute atomic E-state index is 13.7. The lowest BCUT2D eigenvalue weighted by atomic mass is 10.1. The first-order chi connectivity index (χ1) is 11.7. The van der Waals surface area contributed by atoms with Crippen molar-refractivity contribution in [3.63, 3.8) is 0 Å². The van der Waals surface area contributed by atoms with Crippen LogP contribution in [-0.2, 0) is 21.4 Å². The maximum atomic E-state index is 13.7. The Kier molecular flexibility index (Phi) is 4.42. The highest BCUT2D eigenvalue weighted by Gasteiger charge is 2.26. The fourth-order valence-corrected chi connectivity index (χ4v) is 3.49. The first-order valence-electron chi connectivity index (χ1n) is 7.44. The van der Waals surface area contributed by atoms with Gasteiger partial charge in [-0.05, 0) is 18.2 Å². The summed E-state index contributed by atoms with van der Waals surface area (Å²) >= 11 is 0. The van der Waals surface area contributed by atoms with Crippen molar-refractivity contribution in [2.45, 2.75) is 6.54 Å². The molecule has 2 aliphatic heterocycles. The Morgan fingerprint density at radius 3 is 2.80 bits per heavy atom. The minimum Gasteiger partial charge on any atom is -0.337 e. The standard InChI is InChI=1S/C16H15F2N3O3S/c1-20(9-11-2-4-13(17)8-14(11)18)16(22)12-3-5-15-19-25(23,24)7-6-21(15)10-12/h2-5,8,10H,6-7,9H2,1H3. The molecule has 1 aromatic carbocycles. The van der Waals surface area contributed by atoms with Gasteiger partial charge in [-0.2, -0.15) is 0 Å². The molecule has 25 heavy (non-hydrogen) atoms. The van der Waals surface area contributed by atoms with Gasteiger partial charge in [0.05, 0.1) is 11.3 Å². The monoisotopic (exact) mass is 367 g/mol. The van der Waals surface area contributed by atoms with Gasteiger partial charge in [0.15, 0.2) is 0 Å². The van der Waals surface area contributed by atoms with E-state index in [9.17, 15) is 22.0 Å². The third-order valence-electron chi connectivity index (χ3n) is 3.84. The fourth-order valence-electron chi connectivity index (χ4n) is 2.53. The van der Waals surface area contributed by atoms with E-state index in [1.807, 2.05) is 0 Å². The lowest BCUT2D eigenvalue weighted by molar-refractivity contribution is -0.126. The summed E-state index contributed by atoms with van der Waals surface area (Å²) in [7, 11) is -1.95. The van der Waals surface area contributed by atoms with E-state index in [1.165, 1.54) is 36.4 Å². The molecule has 0 atom stereocenters. The number of amidine groups is 1. The van der Waals surface area contributed by atoms with E-state index >= 15 is 0 Å². The van der Waals surface area contributed by atoms with Crippen LogP contribution in [0.5, 0.6) is 0 Å². The van der Waals surface area contributed by atoms with Crippen molar-refractivity contribution in [1.82, 2.24) is 9.80 Å². The summed E-state index contributed by atoms with van der Waals surface area (Å²) in [6.45, 7) is 0.185. The highest BCUT2D eigenvalue weighted by molar-refractivity contribution is 7.90. The number of fused-ring (bicyclic) bond motifs is 1. The fraction of sp³-hybridized carbons (Fsp3) is 0.250. The van der Waals surface area contributed by atoms with E-state index in [4.69, 9.17) is 0 Å². The molecule has 1 amide bonds. The number of amides is 1. The third-order valence-corrected chi connectivity index (χ3v) is 5.00. The Hall–Kier alpha value is -2.55. The van der Waals surface area contributed by atoms with Gasteiger partial charge >= 0.3 is 0 Å². The molecule has 2 heterocycles. The summed E-state index contributed by atoms with van der Waals surface area (Å²) < 4.78 is 53.3. The van der Waals surface area contributed by atoms with Gasteiger partial charge < -0.3 is 9.80 Å². The molecule has 2 aliphatic rings. The first-order valence-corrected chi connectivity index (χ1v) is 9.05. The average molecular weight is 367 g/mol. The molecular weight excluding hydrogens is 352 g/mol. The van der Waals surface area contributed by atoms with Gasteiger partial charge in [-0.3, -0.25) is 4.79 Å². The van der Waals surface area contributed by atoms with E-state index < -0.39 is 21.7 Å². The molecule has 0 aliphatic carbocycles. The Balaban J connectivity index is 1.75. The van der Waals surface area contributed by atoms with Crippen molar-refractivity contribution in [3.8, 4) is 0 Å². The molecule has 0 unspecified atom stereocenters. The molecule has 6 nitrogen and oxygen atoms in total. The van der Waals surface area contributed by atoms with Crippen molar-refractivity contribution < 1.29 is 22.0 Å². The number of likely N-dealkylation sites (N-methyl/N-ethyl adjacent to an activating group) is 1. The van der Waals surface area contributed by atoms with Crippen molar-refractivity contribution >= 4 is 21.8 Å². The van der Waals surface area contributed by atoms with Crippen LogP contribution in [0.2, 0.25) is 0 Å². The van der Waals surface area contributed by atoms with Crippen molar-refractivity contribution in [2.24, 2.45) is 4.40 Å². The molecule has 0 fully saturated rings. The lowest BCUT2D eigenvalue weighted by Gasteiger charge is -2.28. The number of halogens is 2. The van der Waals surface area contributed by atoms with Crippen molar-refractivity contribution in [3.05, 3.63) is 59.3 Å². The zero-order valence-electron chi connectivity index (χ0n) is 13.3. The van der Waals surface area contributed by atoms with Gasteiger partial charge in [-0.1, -0.05) is 6.07 Å². The summed E-state index contributed by atoms with van der Waals surface area (Å²) in [6, 6.07) is 3.19. The van der Waals surface area contributed by atoms with Crippen LogP contribution in [0.25, 0.3) is 0 Å². The third kappa shape index (κ3) is 3.76. The quantitative estimate of drug-likeness (QED) is 0.810. The summed E-state index contributed by atoms with van der Waals surface area (Å²) in [5, 5.41) is 0. The number of rotatable bonds is 3. The predicted molar refractivity (Wildman–Crippen MR) is 88.0 cm³/mol. The van der Waals surface area contributed by atoms with Gasteiger partial charge in [-0.15, -0.1) is 4.40 Å². The molecule has 132 valence electrons. The van der Waals surface area contributed by atoms with Crippen molar-refractivity contribution in [1.29, 1.82) is 0 Å². The highest BCUT2D eigenvalue weighted by atomic mass is 32.2. The molecule has 0 saturated heterocycles. The zero-order valence-corrected chi connectivity index (χ0v) is 14.1. The summed E-state index contributed by atoms with van der Waals surface area (Å²) in [6.07, 6.45) is 4.44. The van der Waals surface area contributed by atoms with Gasteiger partial charge in [0, 0.05) is 38.0 Å². The number of benzene rings is 1. The number of hydrogen-bond acceptors (Lipinski definition) is 4. The molecule has 0 saturated carbocycles. The summed E-state index contributed by atoms with van der Waals surface area (Å²) in [4.78, 5) is 15.4. The maximum Gasteiger partial charge on any atom is 0.256 e. The van der Waals surface area contributed by atoms with E-state index in [2.05, 4.69) is 4.40 Å². The second-order valence-electron chi connectivity index (χ2n) is 5.74. The Morgan fingerprint density at radius 2 is 2.08 bits per heavy atom. The van der Waals surface area contributed by atoms with Crippen molar-refractivity contribution in [2.75, 3.05) is 19.3 Å². The lowest BCUT2D eigenvalue weighted by Crippen LogP contribution is -2.38. The summed E-state index contributed by atoms with van der Waals surface area (Å²) in [5.41, 5.74) is 0.521. The van der Waals surface area contributed by atoms with E-state index in [-0.39, 0.29) is 36.1 Å². The SMILES string of the molecule is CN(Cc1ccc(F)cc1F)C(=O)C1=CN2CCS(=O)(=O)N=C2C=C1. The largest absolute Gasteiger partial charge is 0.337 e. The topological polar surface area (TPSA) is 70.1 Å². The van der Waals surface area contributed by atoms with Gasteiger partial charge in [0.25, 0.3) is 15.9 Å². The molecule has 0 aromatic heterocycles. The van der Waals surface area contributed by atoms with Crippen LogP contribution in [0.1, 0.15) is 5.56 Å². The molecule has 0 N–H and O–H groups in total. The van der Waals surface area contributed by atoms with Gasteiger partial charge in [0.2, 0.25) is 0 Å². The molecule has 3 rings (SSSR count). The van der Waals surface area contributed by atoms with Crippen LogP contribution < -0.4 is 0 Å². The molecule has 9 heteroatoms. The Bertz CT molecular complexity index is 923. The predicted octanol–water partition coefficient (Wildman–Crippen LogP) is 1.42. The zero-order chi connectivity index (χ0) is 18.2. The first kappa shape index (κ1) is 17.3. The van der Waals surface area contributed by atoms with Crippen LogP contribution in [0, 0.1) is 11.6 Å². The normalized spacial score (nSPS) is 18.3. The minimum atomic E-state index is -3.46. The van der Waals surface area contributed by atoms with Gasteiger partial charge in [-0.25, -0.2) is 17.2 Å². The minimum absolute atomic E-state index is 0.0224. The molecule has 0 radical (unpaired) electrons. The summed E-state index contributed by atoms with van der Waals surface area (Å²) in [5.74, 6) is -1.63. The number of hydrogen-bond donors (Lipinski definition) is 0. The van der Waals surface area contributed by atoms with Crippen LogP contribution >= 0.6 is 0 Å². The van der Waals surface area contributed by atoms with E-state index in [1.54, 1.807) is 4.90 Å². The molecule has 0 bridgehead atoms. The smallest absolute Gasteiger partial charge is 0.256 e. The van der Waals surface area contributed by atoms with Crippen LogP contribution in [0.4, 0.5) is 8.78 Å². The van der Waals surface area contributed by atoms with Crippen LogP contribution in [0.15, 0.2) is 46.5 Å². The molecular formula is C16H15F2N3O3S. The van der Waals surface area contributed by atoms with E-state index in [0.29, 0.717) is 5.57 Å². The number of sulfonamides is 1. The molecule has 1 aromatic rings. The van der Waals surface area contributed by atoms with Crippen LogP contribution in [0.3, 0.4) is 0 Å². The average Bonchev–Trinajstić information content (AvgIpc) is 2.55. The Morgan fingerprint density at radius 1 is 1.32 bits per heavy atom. The number of nitrogens with zero attached hydrogens (tertiary/aromatic N) is 3. The Labute approximate surface area is 143 Å². The highest BCUT2D eigenvalue weighted by Crippen LogP contribution is 2.18. The van der Waals surface area contributed by atoms with E-state index in [0.717, 1.165) is 12.1 Å². The second-order valence-corrected chi connectivity index (χ2v) is 7.50.